The maximum absolute atomic E-state index is 11.7. The van der Waals surface area contributed by atoms with E-state index in [1.165, 1.54) is 4.31 Å². The lowest BCUT2D eigenvalue weighted by atomic mass is 10.2. The van der Waals surface area contributed by atoms with E-state index < -0.39 is 10.2 Å². The van der Waals surface area contributed by atoms with Crippen LogP contribution in [-0.2, 0) is 14.9 Å². The summed E-state index contributed by atoms with van der Waals surface area (Å²) in [4.78, 5) is 0. The minimum absolute atomic E-state index is 0.155. The van der Waals surface area contributed by atoms with E-state index in [1.54, 1.807) is 14.2 Å². The quantitative estimate of drug-likeness (QED) is 0.574. The second-order valence-corrected chi connectivity index (χ2v) is 5.74. The molecule has 6 nitrogen and oxygen atoms in total. The molecule has 0 aliphatic rings. The van der Waals surface area contributed by atoms with Gasteiger partial charge in [-0.05, 0) is 18.9 Å². The van der Waals surface area contributed by atoms with Crippen molar-refractivity contribution < 1.29 is 13.2 Å². The van der Waals surface area contributed by atoms with Gasteiger partial charge in [-0.1, -0.05) is 6.92 Å². The summed E-state index contributed by atoms with van der Waals surface area (Å²) in [6, 6.07) is 0. The van der Waals surface area contributed by atoms with Crippen LogP contribution in [0.25, 0.3) is 0 Å². The highest BCUT2D eigenvalue weighted by atomic mass is 32.2. The zero-order valence-electron chi connectivity index (χ0n) is 10.3. The first-order valence-electron chi connectivity index (χ1n) is 5.34. The molecule has 0 spiro atoms. The second-order valence-electron chi connectivity index (χ2n) is 3.88. The molecule has 3 N–H and O–H groups in total. The normalized spacial score (nSPS) is 14.3. The van der Waals surface area contributed by atoms with Crippen molar-refractivity contribution in [3.05, 3.63) is 0 Å². The van der Waals surface area contributed by atoms with Crippen LogP contribution in [0.5, 0.6) is 0 Å². The highest BCUT2D eigenvalue weighted by Gasteiger charge is 2.17. The predicted molar refractivity (Wildman–Crippen MR) is 64.3 cm³/mol. The number of methoxy groups -OCH3 is 1. The van der Waals surface area contributed by atoms with Crippen molar-refractivity contribution in [3.63, 3.8) is 0 Å². The minimum atomic E-state index is -3.37. The van der Waals surface area contributed by atoms with Crippen molar-refractivity contribution in [2.45, 2.75) is 13.3 Å². The van der Waals surface area contributed by atoms with E-state index in [1.807, 2.05) is 6.92 Å². The fraction of sp³-hybridized carbons (Fsp3) is 1.00. The molecule has 0 aliphatic heterocycles. The fourth-order valence-electron chi connectivity index (χ4n) is 1.14. The number of nitrogens with two attached hydrogens (primary N) is 1. The lowest BCUT2D eigenvalue weighted by Crippen LogP contribution is -2.41. The van der Waals surface area contributed by atoms with E-state index in [2.05, 4.69) is 4.72 Å². The highest BCUT2D eigenvalue weighted by Crippen LogP contribution is 1.98. The third-order valence-electron chi connectivity index (χ3n) is 2.15. The molecule has 0 radical (unpaired) electrons. The highest BCUT2D eigenvalue weighted by molar-refractivity contribution is 7.87. The Morgan fingerprint density at radius 3 is 2.62 bits per heavy atom. The van der Waals surface area contributed by atoms with Crippen LogP contribution in [0.2, 0.25) is 0 Å². The summed E-state index contributed by atoms with van der Waals surface area (Å²) in [5.74, 6) is 0.155. The largest absolute Gasteiger partial charge is 0.384 e. The lowest BCUT2D eigenvalue weighted by molar-refractivity contribution is 0.161. The first-order valence-corrected chi connectivity index (χ1v) is 6.78. The van der Waals surface area contributed by atoms with Crippen LogP contribution in [0.15, 0.2) is 0 Å². The Bertz CT molecular complexity index is 269. The summed E-state index contributed by atoms with van der Waals surface area (Å²) in [6.45, 7) is 3.76. The molecule has 7 heteroatoms. The second kappa shape index (κ2) is 7.97. The van der Waals surface area contributed by atoms with E-state index in [9.17, 15) is 8.42 Å². The molecule has 0 aromatic heterocycles. The van der Waals surface area contributed by atoms with Crippen LogP contribution in [-0.4, -0.2) is 53.1 Å². The van der Waals surface area contributed by atoms with Crippen molar-refractivity contribution in [2.75, 3.05) is 40.4 Å². The van der Waals surface area contributed by atoms with Gasteiger partial charge in [0, 0.05) is 33.9 Å². The monoisotopic (exact) mass is 253 g/mol. The molecule has 0 saturated heterocycles. The van der Waals surface area contributed by atoms with Crippen LogP contribution >= 0.6 is 0 Å². The van der Waals surface area contributed by atoms with Crippen molar-refractivity contribution in [1.29, 1.82) is 0 Å². The number of hydrogen-bond donors (Lipinski definition) is 2. The van der Waals surface area contributed by atoms with E-state index in [4.69, 9.17) is 10.5 Å². The van der Waals surface area contributed by atoms with Crippen molar-refractivity contribution in [1.82, 2.24) is 9.03 Å². The molecule has 1 unspecified atom stereocenters. The van der Waals surface area contributed by atoms with Crippen LogP contribution in [0.3, 0.4) is 0 Å². The zero-order valence-corrected chi connectivity index (χ0v) is 11.1. The van der Waals surface area contributed by atoms with Crippen LogP contribution < -0.4 is 10.5 Å². The average molecular weight is 253 g/mol. The summed E-state index contributed by atoms with van der Waals surface area (Å²) in [6.07, 6.45) is 0.658. The number of rotatable bonds is 9. The minimum Gasteiger partial charge on any atom is -0.384 e. The number of hydrogen-bond acceptors (Lipinski definition) is 4. The first kappa shape index (κ1) is 15.8. The Morgan fingerprint density at radius 1 is 1.50 bits per heavy atom. The Kier molecular flexibility index (Phi) is 7.86. The molecule has 0 aromatic rings. The van der Waals surface area contributed by atoms with Gasteiger partial charge in [0.2, 0.25) is 0 Å². The molecule has 1 atom stereocenters. The fourth-order valence-corrected chi connectivity index (χ4v) is 2.22. The SMILES string of the molecule is COCC(C)CNS(=O)(=O)N(C)CCCN. The molecule has 0 saturated carbocycles. The molecule has 0 aliphatic carbocycles. The van der Waals surface area contributed by atoms with Crippen LogP contribution in [0.4, 0.5) is 0 Å². The molecule has 0 amide bonds. The molecular formula is C9H23N3O3S. The lowest BCUT2D eigenvalue weighted by Gasteiger charge is -2.19. The average Bonchev–Trinajstić information content (AvgIpc) is 2.23. The van der Waals surface area contributed by atoms with Gasteiger partial charge in [-0.15, -0.1) is 0 Å². The zero-order chi connectivity index (χ0) is 12.6. The van der Waals surface area contributed by atoms with Gasteiger partial charge in [-0.25, -0.2) is 4.72 Å². The number of ether oxygens (including phenoxy) is 1. The Balaban J connectivity index is 4.03. The molecule has 98 valence electrons. The van der Waals surface area contributed by atoms with Crippen LogP contribution in [0.1, 0.15) is 13.3 Å². The predicted octanol–water partition coefficient (Wildman–Crippen LogP) is -0.616. The van der Waals surface area contributed by atoms with Gasteiger partial charge in [0.1, 0.15) is 0 Å². The summed E-state index contributed by atoms with van der Waals surface area (Å²) in [5, 5.41) is 0. The van der Waals surface area contributed by atoms with Crippen LogP contribution in [0, 0.1) is 5.92 Å². The van der Waals surface area contributed by atoms with E-state index in [0.717, 1.165) is 0 Å². The molecule has 0 rings (SSSR count). The molecule has 0 fully saturated rings. The summed E-state index contributed by atoms with van der Waals surface area (Å²) >= 11 is 0. The Hall–Kier alpha value is -0.210. The maximum Gasteiger partial charge on any atom is 0.279 e. The third kappa shape index (κ3) is 6.39. The number of nitrogens with one attached hydrogen (secondary N) is 1. The van der Waals surface area contributed by atoms with Gasteiger partial charge in [-0.2, -0.15) is 12.7 Å². The van der Waals surface area contributed by atoms with Gasteiger partial charge in [0.05, 0.1) is 0 Å². The Morgan fingerprint density at radius 2 is 2.12 bits per heavy atom. The van der Waals surface area contributed by atoms with Gasteiger partial charge in [-0.3, -0.25) is 0 Å². The molecule has 0 heterocycles. The van der Waals surface area contributed by atoms with Crippen molar-refractivity contribution >= 4 is 10.2 Å². The maximum atomic E-state index is 11.7. The smallest absolute Gasteiger partial charge is 0.279 e. The molecular weight excluding hydrogens is 230 g/mol. The van der Waals surface area contributed by atoms with E-state index in [0.29, 0.717) is 32.7 Å². The van der Waals surface area contributed by atoms with Gasteiger partial charge in [0.15, 0.2) is 0 Å². The standard InChI is InChI=1S/C9H23N3O3S/c1-9(8-15-3)7-11-16(13,14)12(2)6-4-5-10/h9,11H,4-8,10H2,1-3H3. The van der Waals surface area contributed by atoms with Gasteiger partial charge < -0.3 is 10.5 Å². The van der Waals surface area contributed by atoms with E-state index >= 15 is 0 Å². The Labute approximate surface area is 98.3 Å². The molecule has 0 aromatic carbocycles. The van der Waals surface area contributed by atoms with Gasteiger partial charge >= 0.3 is 0 Å². The summed E-state index contributed by atoms with van der Waals surface area (Å²) < 4.78 is 32.1. The summed E-state index contributed by atoms with van der Waals surface area (Å²) in [5.41, 5.74) is 5.32. The third-order valence-corrected chi connectivity index (χ3v) is 3.69. The van der Waals surface area contributed by atoms with E-state index in [-0.39, 0.29) is 5.92 Å². The number of nitrogens with zero attached hydrogens (tertiary/aromatic N) is 1. The molecule has 16 heavy (non-hydrogen) atoms. The first-order chi connectivity index (χ1) is 7.44. The van der Waals surface area contributed by atoms with Crippen molar-refractivity contribution in [3.8, 4) is 0 Å². The summed E-state index contributed by atoms with van der Waals surface area (Å²) in [7, 11) is -0.237. The topological polar surface area (TPSA) is 84.7 Å². The molecule has 0 bridgehead atoms. The van der Waals surface area contributed by atoms with Crippen molar-refractivity contribution in [2.24, 2.45) is 11.7 Å². The van der Waals surface area contributed by atoms with Gasteiger partial charge in [0.25, 0.3) is 10.2 Å².